The highest BCUT2D eigenvalue weighted by Gasteiger charge is 2.15. The highest BCUT2D eigenvalue weighted by molar-refractivity contribution is 6.30. The summed E-state index contributed by atoms with van der Waals surface area (Å²) in [6, 6.07) is 6.76. The molecule has 18 heavy (non-hydrogen) atoms. The molecule has 0 radical (unpaired) electrons. The lowest BCUT2D eigenvalue weighted by molar-refractivity contribution is -0.130. The fraction of sp³-hybridized carbons (Fsp3) is 0.333. The molecule has 0 aliphatic heterocycles. The second-order valence-corrected chi connectivity index (χ2v) is 4.04. The maximum Gasteiger partial charge on any atom is 0.261 e. The minimum Gasteiger partial charge on any atom is -0.481 e. The Hall–Kier alpha value is -1.75. The van der Waals surface area contributed by atoms with Crippen molar-refractivity contribution in [3.05, 3.63) is 29.3 Å². The first-order valence-corrected chi connectivity index (χ1v) is 5.81. The number of benzene rings is 1. The Morgan fingerprint density at radius 3 is 2.78 bits per heavy atom. The molecule has 0 saturated carbocycles. The van der Waals surface area contributed by atoms with Crippen LogP contribution in [-0.2, 0) is 9.59 Å². The largest absolute Gasteiger partial charge is 0.481 e. The predicted molar refractivity (Wildman–Crippen MR) is 68.6 cm³/mol. The zero-order valence-electron chi connectivity index (χ0n) is 10.2. The van der Waals surface area contributed by atoms with Gasteiger partial charge in [0.25, 0.3) is 5.91 Å². The second kappa shape index (κ2) is 6.86. The van der Waals surface area contributed by atoms with E-state index in [0.29, 0.717) is 10.8 Å². The van der Waals surface area contributed by atoms with Crippen molar-refractivity contribution in [1.82, 2.24) is 10.6 Å². The molecule has 0 bridgehead atoms. The smallest absolute Gasteiger partial charge is 0.261 e. The highest BCUT2D eigenvalue weighted by atomic mass is 35.5. The van der Waals surface area contributed by atoms with Gasteiger partial charge in [0.15, 0.2) is 6.10 Å². The number of carbonyl (C=O) groups excluding carboxylic acids is 2. The van der Waals surface area contributed by atoms with Crippen LogP contribution < -0.4 is 15.4 Å². The van der Waals surface area contributed by atoms with Gasteiger partial charge >= 0.3 is 0 Å². The molecule has 2 N–H and O–H groups in total. The molecule has 1 aromatic rings. The summed E-state index contributed by atoms with van der Waals surface area (Å²) in [6.07, 6.45) is -0.701. The third kappa shape index (κ3) is 4.63. The fourth-order valence-electron chi connectivity index (χ4n) is 1.20. The number of nitrogens with one attached hydrogen (secondary N) is 2. The van der Waals surface area contributed by atoms with Gasteiger partial charge in [0.2, 0.25) is 5.91 Å². The van der Waals surface area contributed by atoms with Crippen molar-refractivity contribution < 1.29 is 14.3 Å². The molecule has 98 valence electrons. The summed E-state index contributed by atoms with van der Waals surface area (Å²) in [6.45, 7) is 1.53. The van der Waals surface area contributed by atoms with E-state index in [-0.39, 0.29) is 18.4 Å². The average molecular weight is 271 g/mol. The van der Waals surface area contributed by atoms with E-state index in [1.165, 1.54) is 7.05 Å². The summed E-state index contributed by atoms with van der Waals surface area (Å²) >= 11 is 5.80. The molecule has 5 nitrogen and oxygen atoms in total. The summed E-state index contributed by atoms with van der Waals surface area (Å²) in [5.74, 6) is -0.123. The van der Waals surface area contributed by atoms with Crippen LogP contribution in [0.1, 0.15) is 6.92 Å². The number of hydrogen-bond donors (Lipinski definition) is 2. The zero-order chi connectivity index (χ0) is 13.5. The summed E-state index contributed by atoms with van der Waals surface area (Å²) in [5, 5.41) is 5.40. The number of halogens is 1. The van der Waals surface area contributed by atoms with E-state index in [4.69, 9.17) is 16.3 Å². The minimum absolute atomic E-state index is 0.0709. The lowest BCUT2D eigenvalue weighted by Gasteiger charge is -2.14. The lowest BCUT2D eigenvalue weighted by Crippen LogP contribution is -2.41. The molecule has 2 amide bonds. The van der Waals surface area contributed by atoms with Crippen LogP contribution in [0.25, 0.3) is 0 Å². The van der Waals surface area contributed by atoms with Crippen molar-refractivity contribution in [1.29, 1.82) is 0 Å². The first-order valence-electron chi connectivity index (χ1n) is 5.43. The van der Waals surface area contributed by atoms with Gasteiger partial charge in [-0.2, -0.15) is 0 Å². The Kier molecular flexibility index (Phi) is 5.45. The summed E-state index contributed by atoms with van der Waals surface area (Å²) in [4.78, 5) is 22.6. The van der Waals surface area contributed by atoms with Crippen LogP contribution in [0.2, 0.25) is 5.02 Å². The number of ether oxygens (including phenoxy) is 1. The van der Waals surface area contributed by atoms with Gasteiger partial charge in [-0.15, -0.1) is 0 Å². The predicted octanol–water partition coefficient (Wildman–Crippen LogP) is 0.970. The van der Waals surface area contributed by atoms with Crippen LogP contribution >= 0.6 is 11.6 Å². The Morgan fingerprint density at radius 2 is 2.17 bits per heavy atom. The van der Waals surface area contributed by atoms with Gasteiger partial charge < -0.3 is 15.4 Å². The van der Waals surface area contributed by atoms with E-state index in [9.17, 15) is 9.59 Å². The van der Waals surface area contributed by atoms with Crippen LogP contribution in [0.15, 0.2) is 24.3 Å². The maximum absolute atomic E-state index is 11.6. The van der Waals surface area contributed by atoms with Crippen LogP contribution in [0.5, 0.6) is 5.75 Å². The van der Waals surface area contributed by atoms with Gasteiger partial charge in [-0.1, -0.05) is 17.7 Å². The molecule has 0 heterocycles. The first kappa shape index (κ1) is 14.3. The third-order valence-electron chi connectivity index (χ3n) is 2.18. The standard InChI is InChI=1S/C12H15ClN2O3/c1-8(12(17)15-7-11(16)14-2)18-10-5-3-4-9(13)6-10/h3-6,8H,7H2,1-2H3,(H,14,16)(H,15,17). The molecule has 1 aromatic carbocycles. The van der Waals surface area contributed by atoms with Crippen LogP contribution in [0, 0.1) is 0 Å². The molecule has 0 aliphatic carbocycles. The van der Waals surface area contributed by atoms with E-state index in [2.05, 4.69) is 10.6 Å². The van der Waals surface area contributed by atoms with Crippen molar-refractivity contribution in [2.45, 2.75) is 13.0 Å². The molecule has 0 fully saturated rings. The van der Waals surface area contributed by atoms with Gasteiger partial charge in [-0.25, -0.2) is 0 Å². The summed E-state index contributed by atoms with van der Waals surface area (Å²) in [7, 11) is 1.50. The maximum atomic E-state index is 11.6. The normalized spacial score (nSPS) is 11.5. The quantitative estimate of drug-likeness (QED) is 0.838. The number of carbonyl (C=O) groups is 2. The van der Waals surface area contributed by atoms with Gasteiger partial charge in [0.1, 0.15) is 5.75 Å². The Labute approximate surface area is 110 Å². The molecular formula is C12H15ClN2O3. The van der Waals surface area contributed by atoms with E-state index in [1.54, 1.807) is 31.2 Å². The zero-order valence-corrected chi connectivity index (χ0v) is 11.0. The van der Waals surface area contributed by atoms with E-state index in [0.717, 1.165) is 0 Å². The molecule has 0 aliphatic rings. The van der Waals surface area contributed by atoms with E-state index < -0.39 is 6.10 Å². The van der Waals surface area contributed by atoms with E-state index in [1.807, 2.05) is 0 Å². The Bertz CT molecular complexity index is 437. The molecule has 6 heteroatoms. The third-order valence-corrected chi connectivity index (χ3v) is 2.42. The highest BCUT2D eigenvalue weighted by Crippen LogP contribution is 2.18. The Morgan fingerprint density at radius 1 is 1.44 bits per heavy atom. The van der Waals surface area contributed by atoms with Crippen LogP contribution in [0.4, 0.5) is 0 Å². The topological polar surface area (TPSA) is 67.4 Å². The van der Waals surface area contributed by atoms with Crippen LogP contribution in [-0.4, -0.2) is 31.5 Å². The molecule has 1 unspecified atom stereocenters. The Balaban J connectivity index is 2.47. The molecule has 1 rings (SSSR count). The molecule has 0 saturated heterocycles. The summed E-state index contributed by atoms with van der Waals surface area (Å²) < 4.78 is 5.39. The molecule has 1 atom stereocenters. The molecule has 0 aromatic heterocycles. The number of amides is 2. The second-order valence-electron chi connectivity index (χ2n) is 3.61. The average Bonchev–Trinajstić information content (AvgIpc) is 2.35. The molecular weight excluding hydrogens is 256 g/mol. The van der Waals surface area contributed by atoms with Gasteiger partial charge in [-0.3, -0.25) is 9.59 Å². The van der Waals surface area contributed by atoms with Crippen molar-refractivity contribution >= 4 is 23.4 Å². The van der Waals surface area contributed by atoms with Crippen molar-refractivity contribution in [3.63, 3.8) is 0 Å². The van der Waals surface area contributed by atoms with Gasteiger partial charge in [-0.05, 0) is 25.1 Å². The number of rotatable bonds is 5. The summed E-state index contributed by atoms with van der Waals surface area (Å²) in [5.41, 5.74) is 0. The van der Waals surface area contributed by atoms with Crippen molar-refractivity contribution in [2.75, 3.05) is 13.6 Å². The number of likely N-dealkylation sites (N-methyl/N-ethyl adjacent to an activating group) is 1. The SMILES string of the molecule is CNC(=O)CNC(=O)C(C)Oc1cccc(Cl)c1. The first-order chi connectivity index (χ1) is 8.52. The van der Waals surface area contributed by atoms with Crippen LogP contribution in [0.3, 0.4) is 0 Å². The van der Waals surface area contributed by atoms with E-state index >= 15 is 0 Å². The monoisotopic (exact) mass is 270 g/mol. The fourth-order valence-corrected chi connectivity index (χ4v) is 1.38. The molecule has 0 spiro atoms. The number of hydrogen-bond acceptors (Lipinski definition) is 3. The minimum atomic E-state index is -0.701. The van der Waals surface area contributed by atoms with Gasteiger partial charge in [0.05, 0.1) is 6.54 Å². The van der Waals surface area contributed by atoms with Crippen molar-refractivity contribution in [2.24, 2.45) is 0 Å². The van der Waals surface area contributed by atoms with Gasteiger partial charge in [0, 0.05) is 12.1 Å². The van der Waals surface area contributed by atoms with Crippen molar-refractivity contribution in [3.8, 4) is 5.75 Å². The lowest BCUT2D eigenvalue weighted by atomic mass is 10.3.